The number of thiophene rings is 1. The van der Waals surface area contributed by atoms with Crippen LogP contribution in [-0.4, -0.2) is 30.0 Å². The number of carbonyl (C=O) groups is 1. The van der Waals surface area contributed by atoms with Crippen molar-refractivity contribution in [2.24, 2.45) is 0 Å². The third kappa shape index (κ3) is 3.96. The van der Waals surface area contributed by atoms with E-state index >= 15 is 0 Å². The van der Waals surface area contributed by atoms with Crippen LogP contribution in [0.1, 0.15) is 26.3 Å². The van der Waals surface area contributed by atoms with Gasteiger partial charge in [-0.2, -0.15) is 4.72 Å². The van der Waals surface area contributed by atoms with Crippen LogP contribution in [-0.2, 0) is 20.2 Å². The lowest BCUT2D eigenvalue weighted by molar-refractivity contribution is -0.146. The van der Waals surface area contributed by atoms with Crippen molar-refractivity contribution in [1.82, 2.24) is 9.71 Å². The maximum absolute atomic E-state index is 13.1. The largest absolute Gasteiger partial charge is 0.480 e. The van der Waals surface area contributed by atoms with Crippen molar-refractivity contribution >= 4 is 27.3 Å². The van der Waals surface area contributed by atoms with Crippen LogP contribution < -0.4 is 4.72 Å². The Morgan fingerprint density at radius 1 is 1.03 bits per heavy atom. The molecule has 0 bridgehead atoms. The van der Waals surface area contributed by atoms with Crippen molar-refractivity contribution in [3.05, 3.63) is 72.6 Å². The number of rotatable bonds is 7. The molecule has 0 aliphatic rings. The number of nitrogens with zero attached hydrogens (tertiary/aromatic N) is 1. The van der Waals surface area contributed by atoms with Gasteiger partial charge in [0.2, 0.25) is 0 Å². The fourth-order valence-electron chi connectivity index (χ4n) is 3.03. The van der Waals surface area contributed by atoms with Crippen molar-refractivity contribution in [3.8, 4) is 10.4 Å². The first kappa shape index (κ1) is 21.2. The number of aliphatic carboxylic acids is 1. The summed E-state index contributed by atoms with van der Waals surface area (Å²) in [6, 6.07) is 15.8. The highest BCUT2D eigenvalue weighted by atomic mass is 32.2. The van der Waals surface area contributed by atoms with E-state index in [9.17, 15) is 18.3 Å². The molecular weight excluding hydrogens is 408 g/mol. The van der Waals surface area contributed by atoms with E-state index in [1.54, 1.807) is 62.6 Å². The first-order chi connectivity index (χ1) is 13.6. The molecule has 0 unspecified atom stereocenters. The van der Waals surface area contributed by atoms with Gasteiger partial charge in [-0.05, 0) is 30.7 Å². The molecule has 0 saturated heterocycles. The number of sulfonamides is 1. The molecule has 2 heterocycles. The van der Waals surface area contributed by atoms with Crippen molar-refractivity contribution in [2.75, 3.05) is 0 Å². The summed E-state index contributed by atoms with van der Waals surface area (Å²) in [7, 11) is -4.07. The minimum Gasteiger partial charge on any atom is -0.480 e. The summed E-state index contributed by atoms with van der Waals surface area (Å²) >= 11 is 1.07. The number of benzene rings is 1. The first-order valence-electron chi connectivity index (χ1n) is 8.91. The van der Waals surface area contributed by atoms with Gasteiger partial charge in [-0.1, -0.05) is 50.2 Å². The molecule has 0 aliphatic carbocycles. The summed E-state index contributed by atoms with van der Waals surface area (Å²) < 4.78 is 28.7. The quantitative estimate of drug-likeness (QED) is 0.592. The number of pyridine rings is 1. The molecule has 0 fully saturated rings. The van der Waals surface area contributed by atoms with E-state index in [1.807, 2.05) is 12.1 Å². The lowest BCUT2D eigenvalue weighted by atomic mass is 9.69. The van der Waals surface area contributed by atoms with Crippen LogP contribution in [0.3, 0.4) is 0 Å². The number of hydrogen-bond acceptors (Lipinski definition) is 5. The van der Waals surface area contributed by atoms with E-state index in [-0.39, 0.29) is 4.21 Å². The Morgan fingerprint density at radius 2 is 1.72 bits per heavy atom. The molecule has 0 amide bonds. The summed E-state index contributed by atoms with van der Waals surface area (Å²) in [6.45, 7) is 4.83. The third-order valence-electron chi connectivity index (χ3n) is 5.30. The van der Waals surface area contributed by atoms with Crippen LogP contribution in [0.4, 0.5) is 0 Å². The molecule has 2 N–H and O–H groups in total. The van der Waals surface area contributed by atoms with Gasteiger partial charge in [-0.3, -0.25) is 9.78 Å². The van der Waals surface area contributed by atoms with Gasteiger partial charge in [-0.15, -0.1) is 11.3 Å². The molecule has 1 aromatic carbocycles. The molecule has 2 aromatic heterocycles. The van der Waals surface area contributed by atoms with E-state index in [0.717, 1.165) is 27.3 Å². The molecule has 0 spiro atoms. The molecular formula is C21H22N2O4S2. The van der Waals surface area contributed by atoms with Gasteiger partial charge in [0.1, 0.15) is 9.75 Å². The van der Waals surface area contributed by atoms with Gasteiger partial charge in [-0.25, -0.2) is 8.42 Å². The van der Waals surface area contributed by atoms with Crippen molar-refractivity contribution < 1.29 is 18.3 Å². The number of carboxylic acids is 1. The lowest BCUT2D eigenvalue weighted by Gasteiger charge is -2.41. The normalized spacial score (nSPS) is 14.3. The molecule has 3 aromatic rings. The zero-order chi connectivity index (χ0) is 21.3. The minimum atomic E-state index is -4.07. The van der Waals surface area contributed by atoms with Crippen LogP contribution in [0.2, 0.25) is 0 Å². The monoisotopic (exact) mass is 430 g/mol. The van der Waals surface area contributed by atoms with Crippen LogP contribution in [0, 0.1) is 0 Å². The van der Waals surface area contributed by atoms with E-state index in [2.05, 4.69) is 9.71 Å². The molecule has 1 atom stereocenters. The summed E-state index contributed by atoms with van der Waals surface area (Å²) in [6.07, 6.45) is 3.29. The predicted octanol–water partition coefficient (Wildman–Crippen LogP) is 3.91. The molecule has 8 heteroatoms. The fraction of sp³-hybridized carbons (Fsp3) is 0.238. The summed E-state index contributed by atoms with van der Waals surface area (Å²) in [5.41, 5.74) is -1.28. The van der Waals surface area contributed by atoms with Gasteiger partial charge >= 0.3 is 5.97 Å². The summed E-state index contributed by atoms with van der Waals surface area (Å²) in [5.74, 6) is -1.25. The number of carboxylic acid groups (broad SMARTS) is 1. The standard InChI is InChI=1S/C21H22N2O4S2/c1-20(2,16-9-5-4-6-10-16)21(3,19(24)25)23-29(26,27)18-12-11-17(28-18)15-8-7-13-22-14-15/h4-14,23H,1-3H3,(H,24,25)/t21-/m1/s1. The SMILES string of the molecule is CC(C)(c1ccccc1)[C@](C)(NS(=O)(=O)c1ccc(-c2cccnc2)s1)C(=O)O. The van der Waals surface area contributed by atoms with Crippen LogP contribution in [0.5, 0.6) is 0 Å². The third-order valence-corrected chi connectivity index (χ3v) is 8.48. The predicted molar refractivity (Wildman–Crippen MR) is 113 cm³/mol. The van der Waals surface area contributed by atoms with Crippen LogP contribution >= 0.6 is 11.3 Å². The average Bonchev–Trinajstić information content (AvgIpc) is 3.20. The second kappa shape index (κ2) is 7.70. The second-order valence-corrected chi connectivity index (χ2v) is 10.4. The summed E-state index contributed by atoms with van der Waals surface area (Å²) in [4.78, 5) is 17.0. The minimum absolute atomic E-state index is 0.0488. The van der Waals surface area contributed by atoms with Gasteiger partial charge in [0.05, 0.1) is 0 Å². The first-order valence-corrected chi connectivity index (χ1v) is 11.2. The van der Waals surface area contributed by atoms with Gasteiger partial charge < -0.3 is 5.11 Å². The highest BCUT2D eigenvalue weighted by Crippen LogP contribution is 2.37. The molecule has 152 valence electrons. The maximum atomic E-state index is 13.1. The topological polar surface area (TPSA) is 96.4 Å². The average molecular weight is 431 g/mol. The highest BCUT2D eigenvalue weighted by molar-refractivity contribution is 7.91. The molecule has 0 radical (unpaired) electrons. The van der Waals surface area contributed by atoms with E-state index in [4.69, 9.17) is 0 Å². The number of aromatic nitrogens is 1. The zero-order valence-corrected chi connectivity index (χ0v) is 17.9. The lowest BCUT2D eigenvalue weighted by Crippen LogP contribution is -2.62. The van der Waals surface area contributed by atoms with Crippen LogP contribution in [0.15, 0.2) is 71.2 Å². The second-order valence-electron chi connectivity index (χ2n) is 7.39. The smallest absolute Gasteiger partial charge is 0.325 e. The summed E-state index contributed by atoms with van der Waals surface area (Å²) in [5, 5.41) is 9.99. The number of nitrogens with one attached hydrogen (secondary N) is 1. The van der Waals surface area contributed by atoms with Crippen molar-refractivity contribution in [1.29, 1.82) is 0 Å². The van der Waals surface area contributed by atoms with Crippen molar-refractivity contribution in [2.45, 2.75) is 35.9 Å². The molecule has 29 heavy (non-hydrogen) atoms. The highest BCUT2D eigenvalue weighted by Gasteiger charge is 2.51. The van der Waals surface area contributed by atoms with Gasteiger partial charge in [0.15, 0.2) is 0 Å². The molecule has 6 nitrogen and oxygen atoms in total. The maximum Gasteiger partial charge on any atom is 0.325 e. The van der Waals surface area contributed by atoms with Crippen molar-refractivity contribution in [3.63, 3.8) is 0 Å². The Hall–Kier alpha value is -2.55. The van der Waals surface area contributed by atoms with Gasteiger partial charge in [0.25, 0.3) is 10.0 Å². The Balaban J connectivity index is 1.99. The number of hydrogen-bond donors (Lipinski definition) is 2. The Kier molecular flexibility index (Phi) is 5.62. The van der Waals surface area contributed by atoms with Crippen LogP contribution in [0.25, 0.3) is 10.4 Å². The van der Waals surface area contributed by atoms with E-state index < -0.39 is 26.9 Å². The van der Waals surface area contributed by atoms with E-state index in [0.29, 0.717) is 0 Å². The fourth-order valence-corrected chi connectivity index (χ4v) is 5.82. The Labute approximate surface area is 174 Å². The molecule has 0 aliphatic heterocycles. The Bertz CT molecular complexity index is 1110. The molecule has 3 rings (SSSR count). The van der Waals surface area contributed by atoms with Gasteiger partial charge in [0, 0.05) is 28.2 Å². The van der Waals surface area contributed by atoms with E-state index in [1.165, 1.54) is 13.0 Å². The molecule has 0 saturated carbocycles. The zero-order valence-electron chi connectivity index (χ0n) is 16.3. The Morgan fingerprint density at radius 3 is 2.31 bits per heavy atom.